The molecule has 29 heavy (non-hydrogen) atoms. The fourth-order valence-corrected chi connectivity index (χ4v) is 3.07. The van der Waals surface area contributed by atoms with E-state index in [9.17, 15) is 29.6 Å². The quantitative estimate of drug-likeness (QED) is 0.336. The van der Waals surface area contributed by atoms with E-state index in [0.29, 0.717) is 10.1 Å². The largest absolute Gasteiger partial charge is 0.494 e. The molecule has 4 N–H and O–H groups in total. The molecule has 148 valence electrons. The summed E-state index contributed by atoms with van der Waals surface area (Å²) in [5.41, 5.74) is 4.99. The molecule has 0 spiro atoms. The van der Waals surface area contributed by atoms with E-state index >= 15 is 0 Å². The number of fused-ring (bicyclic) bond motifs is 1. The fraction of sp³-hybridized carbons (Fsp3) is 0.0556. The molecule has 3 rings (SSSR count). The van der Waals surface area contributed by atoms with Gasteiger partial charge in [0.1, 0.15) is 5.56 Å². The number of halogens is 1. The van der Waals surface area contributed by atoms with Gasteiger partial charge in [-0.15, -0.1) is 0 Å². The zero-order valence-electron chi connectivity index (χ0n) is 14.8. The Morgan fingerprint density at radius 2 is 1.90 bits per heavy atom. The number of carbonyl (C=O) groups excluding carboxylic acids is 3. The molecule has 3 aromatic rings. The molecule has 0 unspecified atom stereocenters. The van der Waals surface area contributed by atoms with Crippen LogP contribution in [0.15, 0.2) is 36.4 Å². The second-order valence-corrected chi connectivity index (χ2v) is 6.44. The standard InChI is InChI=1S/C18H13ClN4O6/c1-8(24)9-2-4-13(12(19)6-9)21-16(25)15-11-7-10(23(28)29)3-5-14(11)22(17(15)26)18(20)27/h2-7,26H,1H3,(H2,20,27)(H,21,25). The van der Waals surface area contributed by atoms with Crippen molar-refractivity contribution in [1.82, 2.24) is 4.57 Å². The van der Waals surface area contributed by atoms with Gasteiger partial charge < -0.3 is 16.2 Å². The van der Waals surface area contributed by atoms with Gasteiger partial charge in [-0.1, -0.05) is 11.6 Å². The van der Waals surface area contributed by atoms with E-state index in [1.54, 1.807) is 0 Å². The van der Waals surface area contributed by atoms with E-state index in [0.717, 1.165) is 12.1 Å². The minimum atomic E-state index is -1.08. The summed E-state index contributed by atoms with van der Waals surface area (Å²) < 4.78 is 0.661. The number of non-ortho nitro benzene ring substituents is 1. The zero-order valence-corrected chi connectivity index (χ0v) is 15.6. The molecule has 0 atom stereocenters. The first kappa shape index (κ1) is 19.8. The maximum absolute atomic E-state index is 12.8. The van der Waals surface area contributed by atoms with Crippen LogP contribution in [0.5, 0.6) is 5.88 Å². The third kappa shape index (κ3) is 3.48. The van der Waals surface area contributed by atoms with Gasteiger partial charge in [-0.25, -0.2) is 9.36 Å². The van der Waals surface area contributed by atoms with E-state index in [1.807, 2.05) is 0 Å². The molecule has 0 radical (unpaired) electrons. The molecule has 0 aliphatic carbocycles. The van der Waals surface area contributed by atoms with Crippen LogP contribution < -0.4 is 11.1 Å². The number of aromatic hydroxyl groups is 1. The third-order valence-corrected chi connectivity index (χ3v) is 4.52. The predicted molar refractivity (Wildman–Crippen MR) is 105 cm³/mol. The van der Waals surface area contributed by atoms with Gasteiger partial charge in [-0.05, 0) is 31.2 Å². The van der Waals surface area contributed by atoms with E-state index in [-0.39, 0.29) is 33.1 Å². The SMILES string of the molecule is CC(=O)c1ccc(NC(=O)c2c(O)n(C(N)=O)c3ccc([N+](=O)[O-])cc23)c(Cl)c1. The molecule has 2 amide bonds. The molecule has 1 heterocycles. The number of nitrogens with zero attached hydrogens (tertiary/aromatic N) is 2. The van der Waals surface area contributed by atoms with E-state index in [1.165, 1.54) is 31.2 Å². The third-order valence-electron chi connectivity index (χ3n) is 4.21. The fourth-order valence-electron chi connectivity index (χ4n) is 2.85. The smallest absolute Gasteiger partial charge is 0.326 e. The summed E-state index contributed by atoms with van der Waals surface area (Å²) in [6, 6.07) is 6.47. The molecular weight excluding hydrogens is 404 g/mol. The summed E-state index contributed by atoms with van der Waals surface area (Å²) in [5.74, 6) is -1.88. The van der Waals surface area contributed by atoms with E-state index in [2.05, 4.69) is 5.32 Å². The van der Waals surface area contributed by atoms with Crippen molar-refractivity contribution in [3.05, 3.63) is 62.7 Å². The lowest BCUT2D eigenvalue weighted by molar-refractivity contribution is -0.384. The highest BCUT2D eigenvalue weighted by atomic mass is 35.5. The van der Waals surface area contributed by atoms with Crippen molar-refractivity contribution in [3.8, 4) is 5.88 Å². The molecule has 0 bridgehead atoms. The summed E-state index contributed by atoms with van der Waals surface area (Å²) in [5, 5.41) is 23.9. The highest BCUT2D eigenvalue weighted by Crippen LogP contribution is 2.34. The number of primary amides is 1. The Kier molecular flexibility index (Phi) is 4.95. The number of ketones is 1. The first-order valence-electron chi connectivity index (χ1n) is 8.05. The van der Waals surface area contributed by atoms with Crippen molar-refractivity contribution in [3.63, 3.8) is 0 Å². The minimum absolute atomic E-state index is 0.0174. The van der Waals surface area contributed by atoms with Gasteiger partial charge in [-0.2, -0.15) is 0 Å². The Bertz CT molecular complexity index is 1220. The van der Waals surface area contributed by atoms with E-state index < -0.39 is 28.3 Å². The number of aromatic nitrogens is 1. The number of benzene rings is 2. The Morgan fingerprint density at radius 1 is 1.21 bits per heavy atom. The van der Waals surface area contributed by atoms with Gasteiger partial charge in [0.25, 0.3) is 11.6 Å². The van der Waals surface area contributed by atoms with Crippen LogP contribution in [0.4, 0.5) is 16.2 Å². The van der Waals surface area contributed by atoms with Crippen molar-refractivity contribution >= 4 is 51.6 Å². The van der Waals surface area contributed by atoms with Crippen molar-refractivity contribution in [2.24, 2.45) is 5.73 Å². The summed E-state index contributed by atoms with van der Waals surface area (Å²) in [6.45, 7) is 1.35. The summed E-state index contributed by atoms with van der Waals surface area (Å²) in [6.07, 6.45) is 0. The topological polar surface area (TPSA) is 158 Å². The number of nitrogens with two attached hydrogens (primary N) is 1. The monoisotopic (exact) mass is 416 g/mol. The Morgan fingerprint density at radius 3 is 2.45 bits per heavy atom. The van der Waals surface area contributed by atoms with Crippen molar-refractivity contribution in [1.29, 1.82) is 0 Å². The van der Waals surface area contributed by atoms with Crippen LogP contribution in [0.3, 0.4) is 0 Å². The first-order chi connectivity index (χ1) is 13.6. The normalized spacial score (nSPS) is 10.7. The number of amides is 2. The second-order valence-electron chi connectivity index (χ2n) is 6.04. The van der Waals surface area contributed by atoms with Gasteiger partial charge in [-0.3, -0.25) is 19.7 Å². The molecule has 2 aromatic carbocycles. The Balaban J connectivity index is 2.13. The number of hydrogen-bond donors (Lipinski definition) is 3. The lowest BCUT2D eigenvalue weighted by Crippen LogP contribution is -2.19. The van der Waals surface area contributed by atoms with Crippen LogP contribution in [-0.4, -0.2) is 32.3 Å². The molecule has 1 aromatic heterocycles. The number of Topliss-reactive ketones (excluding diaryl/α,β-unsaturated/α-hetero) is 1. The van der Waals surface area contributed by atoms with Crippen molar-refractivity contribution in [2.45, 2.75) is 6.92 Å². The van der Waals surface area contributed by atoms with Gasteiger partial charge in [0, 0.05) is 23.1 Å². The predicted octanol–water partition coefficient (Wildman–Crippen LogP) is 3.29. The van der Waals surface area contributed by atoms with Crippen LogP contribution in [0.1, 0.15) is 27.6 Å². The molecule has 10 nitrogen and oxygen atoms in total. The van der Waals surface area contributed by atoms with Crippen LogP contribution in [-0.2, 0) is 0 Å². The number of nitro benzene ring substituents is 1. The van der Waals surface area contributed by atoms with E-state index in [4.69, 9.17) is 17.3 Å². The van der Waals surface area contributed by atoms with Crippen molar-refractivity contribution in [2.75, 3.05) is 5.32 Å². The highest BCUT2D eigenvalue weighted by molar-refractivity contribution is 6.34. The number of hydrogen-bond acceptors (Lipinski definition) is 6. The van der Waals surface area contributed by atoms with Gasteiger partial charge >= 0.3 is 6.03 Å². The maximum atomic E-state index is 12.8. The van der Waals surface area contributed by atoms with Gasteiger partial charge in [0.15, 0.2) is 5.78 Å². The minimum Gasteiger partial charge on any atom is -0.494 e. The average Bonchev–Trinajstić information content (AvgIpc) is 2.94. The summed E-state index contributed by atoms with van der Waals surface area (Å²) in [7, 11) is 0. The van der Waals surface area contributed by atoms with Crippen LogP contribution >= 0.6 is 11.6 Å². The number of carbonyl (C=O) groups is 3. The summed E-state index contributed by atoms with van der Waals surface area (Å²) >= 11 is 6.09. The number of nitro groups is 1. The zero-order chi connectivity index (χ0) is 21.5. The van der Waals surface area contributed by atoms with Crippen LogP contribution in [0, 0.1) is 10.1 Å². The van der Waals surface area contributed by atoms with Gasteiger partial charge in [0.05, 0.1) is 21.2 Å². The number of anilines is 1. The highest BCUT2D eigenvalue weighted by Gasteiger charge is 2.27. The van der Waals surface area contributed by atoms with Crippen molar-refractivity contribution < 1.29 is 24.4 Å². The lowest BCUT2D eigenvalue weighted by atomic mass is 10.1. The number of rotatable bonds is 4. The second kappa shape index (κ2) is 7.24. The maximum Gasteiger partial charge on any atom is 0.326 e. The first-order valence-corrected chi connectivity index (χ1v) is 8.43. The lowest BCUT2D eigenvalue weighted by Gasteiger charge is -2.08. The molecule has 0 aliphatic rings. The van der Waals surface area contributed by atoms with Crippen LogP contribution in [0.2, 0.25) is 5.02 Å². The summed E-state index contributed by atoms with van der Waals surface area (Å²) in [4.78, 5) is 46.3. The molecule has 0 saturated carbocycles. The number of nitrogens with one attached hydrogen (secondary N) is 1. The molecule has 11 heteroatoms. The van der Waals surface area contributed by atoms with Crippen LogP contribution in [0.25, 0.3) is 10.9 Å². The molecular formula is C18H13ClN4O6. The molecule has 0 aliphatic heterocycles. The Hall–Kier alpha value is -3.92. The Labute approximate surface area is 167 Å². The average molecular weight is 417 g/mol. The molecule has 0 saturated heterocycles. The molecule has 0 fully saturated rings. The van der Waals surface area contributed by atoms with Gasteiger partial charge in [0.2, 0.25) is 5.88 Å².